The standard InChI is InChI=1S/C18H20O2/c1-10-6-11(2)16(12(3)7-10)17-15(19)9-14(18(17)20)8-13-4-5-13/h6-8,13,17H,4-5,9H2,1-3H3/b14-8+. The fourth-order valence-corrected chi connectivity index (χ4v) is 3.34. The van der Waals surface area contributed by atoms with E-state index in [0.717, 1.165) is 35.1 Å². The van der Waals surface area contributed by atoms with Crippen molar-refractivity contribution < 1.29 is 9.59 Å². The number of allylic oxidation sites excluding steroid dienone is 2. The average Bonchev–Trinajstić information content (AvgIpc) is 3.11. The van der Waals surface area contributed by atoms with E-state index < -0.39 is 5.92 Å². The smallest absolute Gasteiger partial charge is 0.173 e. The molecule has 2 fully saturated rings. The summed E-state index contributed by atoms with van der Waals surface area (Å²) >= 11 is 0. The van der Waals surface area contributed by atoms with Gasteiger partial charge >= 0.3 is 0 Å². The summed E-state index contributed by atoms with van der Waals surface area (Å²) in [5.41, 5.74) is 4.98. The lowest BCUT2D eigenvalue weighted by Crippen LogP contribution is -2.15. The molecule has 0 aromatic heterocycles. The Morgan fingerprint density at radius 3 is 2.20 bits per heavy atom. The van der Waals surface area contributed by atoms with Crippen molar-refractivity contribution in [1.29, 1.82) is 0 Å². The van der Waals surface area contributed by atoms with Gasteiger partial charge in [-0.25, -0.2) is 0 Å². The number of benzene rings is 1. The Kier molecular flexibility index (Phi) is 3.12. The fourth-order valence-electron chi connectivity index (χ4n) is 3.34. The molecule has 1 aromatic carbocycles. The second-order valence-electron chi connectivity index (χ2n) is 6.28. The van der Waals surface area contributed by atoms with Crippen LogP contribution in [0.25, 0.3) is 0 Å². The van der Waals surface area contributed by atoms with E-state index in [9.17, 15) is 9.59 Å². The molecule has 1 atom stereocenters. The van der Waals surface area contributed by atoms with Crippen LogP contribution in [-0.4, -0.2) is 11.6 Å². The lowest BCUT2D eigenvalue weighted by Gasteiger charge is -2.15. The predicted molar refractivity (Wildman–Crippen MR) is 78.8 cm³/mol. The molecule has 2 aliphatic carbocycles. The van der Waals surface area contributed by atoms with Gasteiger partial charge in [-0.2, -0.15) is 0 Å². The average molecular weight is 268 g/mol. The van der Waals surface area contributed by atoms with E-state index in [1.165, 1.54) is 5.56 Å². The molecule has 0 radical (unpaired) electrons. The van der Waals surface area contributed by atoms with Crippen LogP contribution in [0.15, 0.2) is 23.8 Å². The molecule has 0 bridgehead atoms. The predicted octanol–water partition coefficient (Wildman–Crippen LogP) is 3.57. The van der Waals surface area contributed by atoms with Gasteiger partial charge in [-0.1, -0.05) is 23.8 Å². The Hall–Kier alpha value is -1.70. The summed E-state index contributed by atoms with van der Waals surface area (Å²) in [6.07, 6.45) is 4.70. The Morgan fingerprint density at radius 2 is 1.65 bits per heavy atom. The number of ketones is 2. The topological polar surface area (TPSA) is 34.1 Å². The Morgan fingerprint density at radius 1 is 1.05 bits per heavy atom. The molecule has 0 N–H and O–H groups in total. The minimum absolute atomic E-state index is 0.0388. The van der Waals surface area contributed by atoms with E-state index >= 15 is 0 Å². The summed E-state index contributed by atoms with van der Waals surface area (Å²) in [6.45, 7) is 6.04. The molecule has 2 saturated carbocycles. The van der Waals surface area contributed by atoms with Gasteiger partial charge in [0.1, 0.15) is 5.92 Å². The van der Waals surface area contributed by atoms with E-state index in [1.54, 1.807) is 0 Å². The normalized spacial score (nSPS) is 24.8. The zero-order valence-corrected chi connectivity index (χ0v) is 12.3. The highest BCUT2D eigenvalue weighted by Crippen LogP contribution is 2.39. The molecule has 0 heterocycles. The van der Waals surface area contributed by atoms with Crippen molar-refractivity contribution in [3.63, 3.8) is 0 Å². The summed E-state index contributed by atoms with van der Waals surface area (Å²) in [6, 6.07) is 4.12. The van der Waals surface area contributed by atoms with Crippen LogP contribution in [0.5, 0.6) is 0 Å². The maximum absolute atomic E-state index is 12.6. The Bertz CT molecular complexity index is 610. The molecule has 2 nitrogen and oxygen atoms in total. The Balaban J connectivity index is 2.02. The van der Waals surface area contributed by atoms with Crippen molar-refractivity contribution in [2.75, 3.05) is 0 Å². The van der Waals surface area contributed by atoms with Gasteiger partial charge in [-0.15, -0.1) is 0 Å². The highest BCUT2D eigenvalue weighted by molar-refractivity contribution is 6.23. The molecule has 0 aliphatic heterocycles. The van der Waals surface area contributed by atoms with Crippen molar-refractivity contribution in [1.82, 2.24) is 0 Å². The van der Waals surface area contributed by atoms with Gasteiger partial charge in [0, 0.05) is 6.42 Å². The minimum Gasteiger partial charge on any atom is -0.298 e. The highest BCUT2D eigenvalue weighted by Gasteiger charge is 2.40. The quantitative estimate of drug-likeness (QED) is 0.607. The minimum atomic E-state index is -0.555. The molecule has 1 unspecified atom stereocenters. The molecule has 1 aromatic rings. The van der Waals surface area contributed by atoms with Crippen molar-refractivity contribution in [2.45, 2.75) is 46.0 Å². The maximum atomic E-state index is 12.6. The van der Waals surface area contributed by atoms with Crippen LogP contribution in [0.2, 0.25) is 0 Å². The first-order valence-corrected chi connectivity index (χ1v) is 7.32. The molecule has 20 heavy (non-hydrogen) atoms. The zero-order chi connectivity index (χ0) is 14.4. The van der Waals surface area contributed by atoms with Gasteiger partial charge in [-0.05, 0) is 61.8 Å². The monoisotopic (exact) mass is 268 g/mol. The SMILES string of the molecule is Cc1cc(C)c(C2C(=O)C/C(=C\C3CC3)C2=O)c(C)c1. The summed E-state index contributed by atoms with van der Waals surface area (Å²) in [4.78, 5) is 24.9. The van der Waals surface area contributed by atoms with E-state index in [-0.39, 0.29) is 11.6 Å². The van der Waals surface area contributed by atoms with E-state index in [2.05, 4.69) is 12.1 Å². The van der Waals surface area contributed by atoms with Gasteiger partial charge in [0.05, 0.1) is 0 Å². The summed E-state index contributed by atoms with van der Waals surface area (Å²) in [5.74, 6) is 0.0928. The van der Waals surface area contributed by atoms with Crippen LogP contribution in [0.4, 0.5) is 0 Å². The van der Waals surface area contributed by atoms with Gasteiger partial charge in [-0.3, -0.25) is 9.59 Å². The number of hydrogen-bond acceptors (Lipinski definition) is 2. The largest absolute Gasteiger partial charge is 0.298 e. The second-order valence-corrected chi connectivity index (χ2v) is 6.28. The van der Waals surface area contributed by atoms with Crippen molar-refractivity contribution in [2.24, 2.45) is 5.92 Å². The van der Waals surface area contributed by atoms with Crippen LogP contribution in [0, 0.1) is 26.7 Å². The van der Waals surface area contributed by atoms with Crippen molar-refractivity contribution >= 4 is 11.6 Å². The third-order valence-electron chi connectivity index (χ3n) is 4.35. The molecule has 2 heteroatoms. The van der Waals surface area contributed by atoms with Crippen LogP contribution in [0.1, 0.15) is 47.4 Å². The number of carbonyl (C=O) groups excluding carboxylic acids is 2. The number of hydrogen-bond donors (Lipinski definition) is 0. The second kappa shape index (κ2) is 4.69. The third kappa shape index (κ3) is 2.24. The molecule has 0 amide bonds. The van der Waals surface area contributed by atoms with E-state index in [0.29, 0.717) is 12.3 Å². The third-order valence-corrected chi connectivity index (χ3v) is 4.35. The summed E-state index contributed by atoms with van der Waals surface area (Å²) in [7, 11) is 0. The van der Waals surface area contributed by atoms with E-state index in [4.69, 9.17) is 0 Å². The highest BCUT2D eigenvalue weighted by atomic mass is 16.2. The van der Waals surface area contributed by atoms with Gasteiger partial charge in [0.15, 0.2) is 11.6 Å². The number of rotatable bonds is 2. The fraction of sp³-hybridized carbons (Fsp3) is 0.444. The van der Waals surface area contributed by atoms with Crippen molar-refractivity contribution in [3.8, 4) is 0 Å². The first-order chi connectivity index (χ1) is 9.47. The lowest BCUT2D eigenvalue weighted by molar-refractivity contribution is -0.123. The van der Waals surface area contributed by atoms with Crippen LogP contribution >= 0.6 is 0 Å². The molecule has 0 spiro atoms. The first-order valence-electron chi connectivity index (χ1n) is 7.32. The van der Waals surface area contributed by atoms with Crippen LogP contribution in [0.3, 0.4) is 0 Å². The van der Waals surface area contributed by atoms with E-state index in [1.807, 2.05) is 26.8 Å². The molecule has 2 aliphatic rings. The maximum Gasteiger partial charge on any atom is 0.173 e. The van der Waals surface area contributed by atoms with Gasteiger partial charge < -0.3 is 0 Å². The molecular formula is C18H20O2. The number of aryl methyl sites for hydroxylation is 3. The molecule has 3 rings (SSSR count). The summed E-state index contributed by atoms with van der Waals surface area (Å²) in [5, 5.41) is 0. The zero-order valence-electron chi connectivity index (χ0n) is 12.3. The lowest BCUT2D eigenvalue weighted by atomic mass is 9.87. The molecule has 104 valence electrons. The number of Topliss-reactive ketones (excluding diaryl/α,β-unsaturated/α-hetero) is 2. The molecule has 0 saturated heterocycles. The molecular weight excluding hydrogens is 248 g/mol. The van der Waals surface area contributed by atoms with Crippen molar-refractivity contribution in [3.05, 3.63) is 46.0 Å². The Labute approximate surface area is 119 Å². The van der Waals surface area contributed by atoms with Gasteiger partial charge in [0.25, 0.3) is 0 Å². The first kappa shape index (κ1) is 13.3. The summed E-state index contributed by atoms with van der Waals surface area (Å²) < 4.78 is 0. The number of carbonyl (C=O) groups is 2. The van der Waals surface area contributed by atoms with Crippen LogP contribution in [-0.2, 0) is 9.59 Å². The van der Waals surface area contributed by atoms with Gasteiger partial charge in [0.2, 0.25) is 0 Å². The van der Waals surface area contributed by atoms with Crippen LogP contribution < -0.4 is 0 Å².